The monoisotopic (exact) mass is 346 g/mol. The standard InChI is InChI=1S/C19H30N4O2/c1-20(8-5-9-23-16-17-25-19(23)24)10-11-21-12-14-22(15-13-21)18-6-3-2-4-7-18/h2-4,6-7H,5,8-17H2,1H3. The maximum absolute atomic E-state index is 11.4. The number of hydrogen-bond donors (Lipinski definition) is 0. The molecule has 2 aliphatic rings. The Labute approximate surface area is 150 Å². The van der Waals surface area contributed by atoms with Crippen LogP contribution in [0.2, 0.25) is 0 Å². The van der Waals surface area contributed by atoms with Crippen molar-refractivity contribution in [1.82, 2.24) is 14.7 Å². The molecule has 2 fully saturated rings. The smallest absolute Gasteiger partial charge is 0.409 e. The van der Waals surface area contributed by atoms with Gasteiger partial charge >= 0.3 is 6.09 Å². The van der Waals surface area contributed by atoms with E-state index in [9.17, 15) is 4.79 Å². The summed E-state index contributed by atoms with van der Waals surface area (Å²) in [5, 5.41) is 0. The van der Waals surface area contributed by atoms with Crippen molar-refractivity contribution >= 4 is 11.8 Å². The van der Waals surface area contributed by atoms with E-state index in [2.05, 4.69) is 52.1 Å². The second kappa shape index (κ2) is 9.06. The number of nitrogens with zero attached hydrogens (tertiary/aromatic N) is 4. The highest BCUT2D eigenvalue weighted by molar-refractivity contribution is 5.69. The molecule has 0 bridgehead atoms. The number of amides is 1. The summed E-state index contributed by atoms with van der Waals surface area (Å²) in [5.74, 6) is 0. The largest absolute Gasteiger partial charge is 0.448 e. The van der Waals surface area contributed by atoms with Gasteiger partial charge in [0, 0.05) is 51.5 Å². The highest BCUT2D eigenvalue weighted by Crippen LogP contribution is 2.15. The zero-order valence-electron chi connectivity index (χ0n) is 15.3. The maximum atomic E-state index is 11.4. The van der Waals surface area contributed by atoms with E-state index in [0.717, 1.165) is 65.3 Å². The van der Waals surface area contributed by atoms with Crippen LogP contribution in [0.1, 0.15) is 6.42 Å². The molecule has 0 spiro atoms. The molecule has 6 nitrogen and oxygen atoms in total. The lowest BCUT2D eigenvalue weighted by molar-refractivity contribution is 0.156. The first kappa shape index (κ1) is 18.0. The third kappa shape index (κ3) is 5.34. The van der Waals surface area contributed by atoms with E-state index in [-0.39, 0.29) is 6.09 Å². The van der Waals surface area contributed by atoms with E-state index in [1.807, 2.05) is 0 Å². The molecule has 0 radical (unpaired) electrons. The van der Waals surface area contributed by atoms with Crippen LogP contribution < -0.4 is 4.90 Å². The second-order valence-corrected chi connectivity index (χ2v) is 6.92. The molecule has 0 unspecified atom stereocenters. The summed E-state index contributed by atoms with van der Waals surface area (Å²) in [6.07, 6.45) is 0.854. The molecule has 2 saturated heterocycles. The fourth-order valence-electron chi connectivity index (χ4n) is 3.45. The SMILES string of the molecule is CN(CCCN1CCOC1=O)CCN1CCN(c2ccccc2)CC1. The van der Waals surface area contributed by atoms with Crippen molar-refractivity contribution < 1.29 is 9.53 Å². The Hall–Kier alpha value is -1.79. The van der Waals surface area contributed by atoms with Crippen molar-refractivity contribution in [2.24, 2.45) is 0 Å². The van der Waals surface area contributed by atoms with Crippen LogP contribution in [0.5, 0.6) is 0 Å². The van der Waals surface area contributed by atoms with Crippen LogP contribution in [0.4, 0.5) is 10.5 Å². The van der Waals surface area contributed by atoms with E-state index in [4.69, 9.17) is 4.74 Å². The topological polar surface area (TPSA) is 39.3 Å². The van der Waals surface area contributed by atoms with Crippen LogP contribution in [0.25, 0.3) is 0 Å². The van der Waals surface area contributed by atoms with Crippen molar-refractivity contribution in [3.05, 3.63) is 30.3 Å². The zero-order chi connectivity index (χ0) is 17.5. The first-order valence-electron chi connectivity index (χ1n) is 9.35. The molecule has 1 amide bonds. The van der Waals surface area contributed by atoms with Gasteiger partial charge in [0.2, 0.25) is 0 Å². The summed E-state index contributed by atoms with van der Waals surface area (Å²) in [7, 11) is 2.17. The lowest BCUT2D eigenvalue weighted by Crippen LogP contribution is -2.48. The maximum Gasteiger partial charge on any atom is 0.409 e. The minimum Gasteiger partial charge on any atom is -0.448 e. The molecule has 0 aromatic heterocycles. The van der Waals surface area contributed by atoms with Crippen molar-refractivity contribution in [3.63, 3.8) is 0 Å². The molecule has 25 heavy (non-hydrogen) atoms. The van der Waals surface area contributed by atoms with E-state index in [1.54, 1.807) is 4.90 Å². The number of carbonyl (C=O) groups is 1. The van der Waals surface area contributed by atoms with Crippen LogP contribution in [0, 0.1) is 0 Å². The molecule has 6 heteroatoms. The second-order valence-electron chi connectivity index (χ2n) is 6.92. The van der Waals surface area contributed by atoms with Crippen LogP contribution in [-0.4, -0.2) is 93.4 Å². The Morgan fingerprint density at radius 2 is 1.76 bits per heavy atom. The Kier molecular flexibility index (Phi) is 6.53. The van der Waals surface area contributed by atoms with E-state index in [0.29, 0.717) is 6.61 Å². The van der Waals surface area contributed by atoms with Gasteiger partial charge in [-0.25, -0.2) is 4.79 Å². The van der Waals surface area contributed by atoms with Crippen molar-refractivity contribution in [3.8, 4) is 0 Å². The summed E-state index contributed by atoms with van der Waals surface area (Å²) in [5.41, 5.74) is 1.33. The predicted octanol–water partition coefficient (Wildman–Crippen LogP) is 1.58. The fraction of sp³-hybridized carbons (Fsp3) is 0.632. The van der Waals surface area contributed by atoms with Gasteiger partial charge in [-0.05, 0) is 32.1 Å². The van der Waals surface area contributed by atoms with Crippen LogP contribution >= 0.6 is 0 Å². The lowest BCUT2D eigenvalue weighted by atomic mass is 10.2. The third-order valence-electron chi connectivity index (χ3n) is 5.10. The van der Waals surface area contributed by atoms with Gasteiger partial charge in [-0.1, -0.05) is 18.2 Å². The number of cyclic esters (lactones) is 1. The predicted molar refractivity (Wildman–Crippen MR) is 100 cm³/mol. The summed E-state index contributed by atoms with van der Waals surface area (Å²) >= 11 is 0. The number of anilines is 1. The van der Waals surface area contributed by atoms with Gasteiger partial charge in [0.1, 0.15) is 6.61 Å². The molecule has 0 aliphatic carbocycles. The Morgan fingerprint density at radius 3 is 2.44 bits per heavy atom. The number of carbonyl (C=O) groups excluding carboxylic acids is 1. The number of para-hydroxylation sites is 1. The van der Waals surface area contributed by atoms with E-state index < -0.39 is 0 Å². The number of benzene rings is 1. The highest BCUT2D eigenvalue weighted by Gasteiger charge is 2.21. The molecule has 0 atom stereocenters. The minimum atomic E-state index is -0.154. The number of likely N-dealkylation sites (N-methyl/N-ethyl adjacent to an activating group) is 1. The first-order valence-corrected chi connectivity index (χ1v) is 9.35. The van der Waals surface area contributed by atoms with Crippen LogP contribution in [0.15, 0.2) is 30.3 Å². The molecular formula is C19H30N4O2. The average molecular weight is 346 g/mol. The number of rotatable bonds is 8. The molecule has 2 heterocycles. The summed E-state index contributed by atoms with van der Waals surface area (Å²) in [6, 6.07) is 10.7. The molecular weight excluding hydrogens is 316 g/mol. The molecule has 2 aliphatic heterocycles. The average Bonchev–Trinajstić information content (AvgIpc) is 3.06. The zero-order valence-corrected chi connectivity index (χ0v) is 15.3. The van der Waals surface area contributed by atoms with Crippen molar-refractivity contribution in [1.29, 1.82) is 0 Å². The lowest BCUT2D eigenvalue weighted by Gasteiger charge is -2.36. The third-order valence-corrected chi connectivity index (χ3v) is 5.10. The van der Waals surface area contributed by atoms with Crippen molar-refractivity contribution in [2.75, 3.05) is 77.5 Å². The van der Waals surface area contributed by atoms with E-state index in [1.165, 1.54) is 5.69 Å². The number of ether oxygens (including phenoxy) is 1. The van der Waals surface area contributed by atoms with Gasteiger partial charge < -0.3 is 19.4 Å². The molecule has 1 aromatic carbocycles. The van der Waals surface area contributed by atoms with Gasteiger partial charge in [0.05, 0.1) is 6.54 Å². The quantitative estimate of drug-likeness (QED) is 0.715. The normalized spacial score (nSPS) is 18.9. The van der Waals surface area contributed by atoms with Gasteiger partial charge in [0.25, 0.3) is 0 Å². The van der Waals surface area contributed by atoms with Gasteiger partial charge in [-0.2, -0.15) is 0 Å². The number of piperazine rings is 1. The Balaban J connectivity index is 1.28. The molecule has 3 rings (SSSR count). The number of hydrogen-bond acceptors (Lipinski definition) is 5. The highest BCUT2D eigenvalue weighted by atomic mass is 16.6. The Morgan fingerprint density at radius 1 is 1.00 bits per heavy atom. The summed E-state index contributed by atoms with van der Waals surface area (Å²) in [6.45, 7) is 9.77. The molecule has 0 saturated carbocycles. The van der Waals surface area contributed by atoms with E-state index >= 15 is 0 Å². The molecule has 1 aromatic rings. The molecule has 138 valence electrons. The molecule has 0 N–H and O–H groups in total. The van der Waals surface area contributed by atoms with Crippen LogP contribution in [-0.2, 0) is 4.74 Å². The Bertz CT molecular complexity index is 531. The van der Waals surface area contributed by atoms with Gasteiger partial charge in [-0.3, -0.25) is 4.90 Å². The summed E-state index contributed by atoms with van der Waals surface area (Å²) < 4.78 is 4.95. The van der Waals surface area contributed by atoms with Gasteiger partial charge in [-0.15, -0.1) is 0 Å². The fourth-order valence-corrected chi connectivity index (χ4v) is 3.45. The van der Waals surface area contributed by atoms with Crippen LogP contribution in [0.3, 0.4) is 0 Å². The van der Waals surface area contributed by atoms with Crippen molar-refractivity contribution in [2.45, 2.75) is 6.42 Å². The summed E-state index contributed by atoms with van der Waals surface area (Å²) in [4.78, 5) is 20.6. The van der Waals surface area contributed by atoms with Gasteiger partial charge in [0.15, 0.2) is 0 Å². The minimum absolute atomic E-state index is 0.154. The first-order chi connectivity index (χ1) is 12.2.